The second kappa shape index (κ2) is 11.3. The predicted molar refractivity (Wildman–Crippen MR) is 150 cm³/mol. The molecular weight excluding hydrogens is 500 g/mol. The van der Waals surface area contributed by atoms with E-state index >= 15 is 0 Å². The van der Waals surface area contributed by atoms with E-state index in [0.717, 1.165) is 29.9 Å². The van der Waals surface area contributed by atoms with Crippen molar-refractivity contribution in [3.05, 3.63) is 48.4 Å². The Balaban J connectivity index is 1.36. The highest BCUT2D eigenvalue weighted by atomic mass is 16.5. The van der Waals surface area contributed by atoms with Crippen LogP contribution in [0, 0.1) is 5.92 Å². The number of piperidine rings is 1. The fourth-order valence-corrected chi connectivity index (χ4v) is 5.28. The molecule has 12 heteroatoms. The quantitative estimate of drug-likeness (QED) is 0.380. The second-order valence-electron chi connectivity index (χ2n) is 9.96. The zero-order valence-corrected chi connectivity index (χ0v) is 22.1. The van der Waals surface area contributed by atoms with E-state index in [2.05, 4.69) is 30.4 Å². The highest BCUT2D eigenvalue weighted by Gasteiger charge is 2.34. The van der Waals surface area contributed by atoms with Gasteiger partial charge in [0.1, 0.15) is 0 Å². The normalized spacial score (nSPS) is 21.5. The Labute approximate surface area is 226 Å². The molecule has 4 heterocycles. The maximum Gasteiger partial charge on any atom is 0.407 e. The maximum absolute atomic E-state index is 13.4. The zero-order valence-electron chi connectivity index (χ0n) is 22.1. The second-order valence-corrected chi connectivity index (χ2v) is 9.96. The number of benzene rings is 1. The molecule has 0 bridgehead atoms. The van der Waals surface area contributed by atoms with Gasteiger partial charge in [-0.15, -0.1) is 0 Å². The Bertz CT molecular complexity index is 1350. The molecule has 1 aromatic carbocycles. The van der Waals surface area contributed by atoms with Crippen LogP contribution in [0.5, 0.6) is 0 Å². The van der Waals surface area contributed by atoms with Crippen molar-refractivity contribution < 1.29 is 19.1 Å². The highest BCUT2D eigenvalue weighted by molar-refractivity contribution is 6.09. The number of methoxy groups -OCH3 is 1. The van der Waals surface area contributed by atoms with E-state index in [1.54, 1.807) is 18.5 Å². The van der Waals surface area contributed by atoms with Gasteiger partial charge in [0.2, 0.25) is 0 Å². The molecule has 6 N–H and O–H groups in total. The summed E-state index contributed by atoms with van der Waals surface area (Å²) in [7, 11) is 1.33. The van der Waals surface area contributed by atoms with Gasteiger partial charge in [0.25, 0.3) is 5.91 Å². The summed E-state index contributed by atoms with van der Waals surface area (Å²) in [5.41, 5.74) is 16.1. The summed E-state index contributed by atoms with van der Waals surface area (Å²) < 4.78 is 10.2. The number of fused-ring (bicyclic) bond motifs is 1. The number of morpholine rings is 1. The number of hydrogen-bond donors (Lipinski definition) is 4. The Hall–Kier alpha value is -4.16. The third kappa shape index (κ3) is 5.66. The smallest absolute Gasteiger partial charge is 0.407 e. The average molecular weight is 535 g/mol. The minimum atomic E-state index is -0.509. The maximum atomic E-state index is 13.4. The Morgan fingerprint density at radius 3 is 2.67 bits per heavy atom. The van der Waals surface area contributed by atoms with Crippen molar-refractivity contribution in [3.63, 3.8) is 0 Å². The monoisotopic (exact) mass is 534 g/mol. The lowest BCUT2D eigenvalue weighted by Gasteiger charge is -2.42. The number of nitrogen functional groups attached to an aromatic ring is 1. The van der Waals surface area contributed by atoms with Crippen molar-refractivity contribution in [1.82, 2.24) is 15.3 Å². The first-order chi connectivity index (χ1) is 18.8. The SMILES string of the molecule is COC(=O)N[C@@H]1[C@H](N)CN(c2ccncc2NC(=O)c2nc3cc(N4CCOCC4)ccc3cc2N)C[C@@H]1C. The largest absolute Gasteiger partial charge is 0.453 e. The van der Waals surface area contributed by atoms with Gasteiger partial charge in [0, 0.05) is 49.5 Å². The Morgan fingerprint density at radius 1 is 1.13 bits per heavy atom. The van der Waals surface area contributed by atoms with Crippen molar-refractivity contribution in [3.8, 4) is 0 Å². The van der Waals surface area contributed by atoms with E-state index in [1.807, 2.05) is 31.2 Å². The van der Waals surface area contributed by atoms with Gasteiger partial charge in [-0.25, -0.2) is 9.78 Å². The highest BCUT2D eigenvalue weighted by Crippen LogP contribution is 2.31. The van der Waals surface area contributed by atoms with Gasteiger partial charge < -0.3 is 41.4 Å². The molecule has 12 nitrogen and oxygen atoms in total. The molecule has 0 unspecified atom stereocenters. The van der Waals surface area contributed by atoms with Gasteiger partial charge in [0.05, 0.1) is 55.1 Å². The van der Waals surface area contributed by atoms with Crippen LogP contribution in [0.4, 0.5) is 27.5 Å². The average Bonchev–Trinajstić information content (AvgIpc) is 2.94. The Morgan fingerprint density at radius 2 is 1.92 bits per heavy atom. The van der Waals surface area contributed by atoms with Crippen molar-refractivity contribution >= 4 is 45.7 Å². The number of alkyl carbamates (subject to hydrolysis) is 1. The molecule has 2 aliphatic rings. The number of aromatic nitrogens is 2. The lowest BCUT2D eigenvalue weighted by molar-refractivity contribution is 0.102. The number of carbonyl (C=O) groups is 2. The third-order valence-corrected chi connectivity index (χ3v) is 7.29. The number of rotatable bonds is 5. The summed E-state index contributed by atoms with van der Waals surface area (Å²) in [6.45, 7) is 6.04. The third-order valence-electron chi connectivity index (χ3n) is 7.29. The van der Waals surface area contributed by atoms with Crippen molar-refractivity contribution in [2.75, 3.05) is 67.4 Å². The van der Waals surface area contributed by atoms with Gasteiger partial charge in [-0.3, -0.25) is 9.78 Å². The molecular formula is C27H34N8O4. The number of hydrogen-bond acceptors (Lipinski definition) is 10. The molecule has 3 aromatic rings. The van der Waals surface area contributed by atoms with E-state index in [0.29, 0.717) is 37.5 Å². The van der Waals surface area contributed by atoms with Crippen LogP contribution in [-0.2, 0) is 9.47 Å². The lowest BCUT2D eigenvalue weighted by atomic mass is 9.90. The molecule has 0 spiro atoms. The summed E-state index contributed by atoms with van der Waals surface area (Å²) in [6.07, 6.45) is 2.75. The lowest BCUT2D eigenvalue weighted by Crippen LogP contribution is -2.62. The molecule has 0 saturated carbocycles. The van der Waals surface area contributed by atoms with Crippen molar-refractivity contribution in [1.29, 1.82) is 0 Å². The molecule has 3 atom stereocenters. The van der Waals surface area contributed by atoms with E-state index in [9.17, 15) is 9.59 Å². The first-order valence-corrected chi connectivity index (χ1v) is 13.0. The van der Waals surface area contributed by atoms with Gasteiger partial charge in [-0.05, 0) is 30.2 Å². The predicted octanol–water partition coefficient (Wildman–Crippen LogP) is 1.81. The van der Waals surface area contributed by atoms with Crippen LogP contribution in [0.3, 0.4) is 0 Å². The fourth-order valence-electron chi connectivity index (χ4n) is 5.28. The number of ether oxygens (including phenoxy) is 2. The molecule has 2 saturated heterocycles. The van der Waals surface area contributed by atoms with Gasteiger partial charge in [-0.2, -0.15) is 0 Å². The number of nitrogens with two attached hydrogens (primary N) is 2. The van der Waals surface area contributed by atoms with Crippen LogP contribution < -0.4 is 31.9 Å². The molecule has 206 valence electrons. The minimum Gasteiger partial charge on any atom is -0.453 e. The van der Waals surface area contributed by atoms with Gasteiger partial charge in [0.15, 0.2) is 5.69 Å². The summed E-state index contributed by atoms with van der Waals surface area (Å²) >= 11 is 0. The topological polar surface area (TPSA) is 161 Å². The van der Waals surface area contributed by atoms with Crippen LogP contribution in [0.25, 0.3) is 10.9 Å². The van der Waals surface area contributed by atoms with Crippen molar-refractivity contribution in [2.24, 2.45) is 11.7 Å². The van der Waals surface area contributed by atoms with Gasteiger partial charge >= 0.3 is 6.09 Å². The standard InChI is InChI=1S/C27H34N8O4/c1-16-14-35(15-20(29)24(16)33-27(37)38-2)23-5-6-30-13-22(23)32-26(36)25-19(28)11-17-3-4-18(12-21(17)31-25)34-7-9-39-10-8-34/h3-6,11-13,16,20,24H,7-10,14-15,28-29H2,1-2H3,(H,32,36)(H,33,37)/t16-,20+,24-/m0/s1. The summed E-state index contributed by atoms with van der Waals surface area (Å²) in [5, 5.41) is 6.63. The number of anilines is 4. The van der Waals surface area contributed by atoms with Crippen molar-refractivity contribution in [2.45, 2.75) is 19.0 Å². The molecule has 5 rings (SSSR count). The molecule has 0 radical (unpaired) electrons. The molecule has 2 amide bonds. The van der Waals surface area contributed by atoms with E-state index < -0.39 is 12.0 Å². The molecule has 2 fully saturated rings. The fraction of sp³-hybridized carbons (Fsp3) is 0.407. The summed E-state index contributed by atoms with van der Waals surface area (Å²) in [6, 6.07) is 8.99. The molecule has 2 aromatic heterocycles. The van der Waals surface area contributed by atoms with E-state index in [1.165, 1.54) is 7.11 Å². The van der Waals surface area contributed by atoms with E-state index in [4.69, 9.17) is 20.9 Å². The van der Waals surface area contributed by atoms with Crippen LogP contribution in [0.15, 0.2) is 42.7 Å². The number of nitrogens with zero attached hydrogens (tertiary/aromatic N) is 4. The molecule has 0 aliphatic carbocycles. The van der Waals surface area contributed by atoms with Crippen LogP contribution in [0.1, 0.15) is 17.4 Å². The summed E-state index contributed by atoms with van der Waals surface area (Å²) in [4.78, 5) is 38.3. The van der Waals surface area contributed by atoms with Crippen LogP contribution in [-0.4, -0.2) is 80.6 Å². The number of pyridine rings is 2. The summed E-state index contributed by atoms with van der Waals surface area (Å²) in [5.74, 6) is -0.400. The molecule has 39 heavy (non-hydrogen) atoms. The number of carbonyl (C=O) groups excluding carboxylic acids is 2. The van der Waals surface area contributed by atoms with E-state index in [-0.39, 0.29) is 29.4 Å². The first kappa shape index (κ1) is 26.4. The minimum absolute atomic E-state index is 0.0306. The van der Waals surface area contributed by atoms with Crippen LogP contribution in [0.2, 0.25) is 0 Å². The van der Waals surface area contributed by atoms with Crippen LogP contribution >= 0.6 is 0 Å². The number of amides is 2. The van der Waals surface area contributed by atoms with Gasteiger partial charge in [-0.1, -0.05) is 13.0 Å². The zero-order chi connectivity index (χ0) is 27.5. The molecule has 2 aliphatic heterocycles. The Kier molecular flexibility index (Phi) is 7.66. The first-order valence-electron chi connectivity index (χ1n) is 13.0. The number of nitrogens with one attached hydrogen (secondary N) is 2.